The standard InChI is InChI=1S/C25H31ClN4O/c1-29(2)25(8-9-25)21-3-5-24(6-4-21)31-18-23-17-30(12-10-28-23)11-7-19-13-20(16-27)15-22(26)14-19/h3-6,13-15,23,28H,7-12,17-18H2,1-2H3. The third-order valence-electron chi connectivity index (χ3n) is 6.57. The predicted molar refractivity (Wildman–Crippen MR) is 125 cm³/mol. The normalized spacial score (nSPS) is 20.4. The van der Waals surface area contributed by atoms with Crippen LogP contribution in [0.2, 0.25) is 5.02 Å². The summed E-state index contributed by atoms with van der Waals surface area (Å²) in [6.45, 7) is 4.53. The van der Waals surface area contributed by atoms with Gasteiger partial charge in [-0.2, -0.15) is 5.26 Å². The van der Waals surface area contributed by atoms with Crippen LogP contribution in [0, 0.1) is 11.3 Å². The number of hydrogen-bond donors (Lipinski definition) is 1. The molecule has 1 aliphatic carbocycles. The summed E-state index contributed by atoms with van der Waals surface area (Å²) in [5.41, 5.74) is 3.35. The molecular formula is C25H31ClN4O. The Kier molecular flexibility index (Phi) is 6.83. The zero-order valence-corrected chi connectivity index (χ0v) is 19.2. The molecule has 0 amide bonds. The molecule has 1 unspecified atom stereocenters. The third kappa shape index (κ3) is 5.39. The first-order valence-electron chi connectivity index (χ1n) is 11.0. The van der Waals surface area contributed by atoms with Gasteiger partial charge in [0.25, 0.3) is 0 Å². The largest absolute Gasteiger partial charge is 0.492 e. The lowest BCUT2D eigenvalue weighted by molar-refractivity contribution is 0.159. The fraction of sp³-hybridized carbons (Fsp3) is 0.480. The molecule has 1 atom stereocenters. The number of benzene rings is 2. The van der Waals surface area contributed by atoms with Crippen molar-refractivity contribution in [1.29, 1.82) is 5.26 Å². The molecule has 0 radical (unpaired) electrons. The molecule has 1 saturated heterocycles. The van der Waals surface area contributed by atoms with Crippen molar-refractivity contribution in [2.75, 3.05) is 46.9 Å². The summed E-state index contributed by atoms with van der Waals surface area (Å²) >= 11 is 6.13. The Labute approximate surface area is 190 Å². The van der Waals surface area contributed by atoms with Crippen molar-refractivity contribution in [1.82, 2.24) is 15.1 Å². The number of nitriles is 1. The number of halogens is 1. The maximum Gasteiger partial charge on any atom is 0.119 e. The first-order valence-corrected chi connectivity index (χ1v) is 11.4. The van der Waals surface area contributed by atoms with Gasteiger partial charge < -0.3 is 15.0 Å². The van der Waals surface area contributed by atoms with Crippen molar-refractivity contribution in [3.63, 3.8) is 0 Å². The van der Waals surface area contributed by atoms with Crippen molar-refractivity contribution in [3.8, 4) is 11.8 Å². The van der Waals surface area contributed by atoms with E-state index in [1.165, 1.54) is 18.4 Å². The van der Waals surface area contributed by atoms with Crippen LogP contribution in [0.4, 0.5) is 0 Å². The number of piperazine rings is 1. The van der Waals surface area contributed by atoms with E-state index >= 15 is 0 Å². The molecule has 2 aliphatic rings. The fourth-order valence-corrected chi connectivity index (χ4v) is 4.78. The van der Waals surface area contributed by atoms with E-state index in [1.807, 2.05) is 12.1 Å². The molecule has 0 aromatic heterocycles. The number of nitrogens with zero attached hydrogens (tertiary/aromatic N) is 3. The van der Waals surface area contributed by atoms with E-state index in [4.69, 9.17) is 21.6 Å². The minimum atomic E-state index is 0.237. The lowest BCUT2D eigenvalue weighted by Gasteiger charge is -2.33. The van der Waals surface area contributed by atoms with Crippen molar-refractivity contribution in [2.24, 2.45) is 0 Å². The monoisotopic (exact) mass is 438 g/mol. The average Bonchev–Trinajstić information content (AvgIpc) is 3.59. The Balaban J connectivity index is 1.26. The second-order valence-electron chi connectivity index (χ2n) is 8.92. The summed E-state index contributed by atoms with van der Waals surface area (Å²) < 4.78 is 6.09. The Morgan fingerprint density at radius 2 is 2.00 bits per heavy atom. The molecular weight excluding hydrogens is 408 g/mol. The van der Waals surface area contributed by atoms with E-state index < -0.39 is 0 Å². The molecule has 0 spiro atoms. The maximum atomic E-state index is 9.13. The van der Waals surface area contributed by atoms with Gasteiger partial charge in [-0.05, 0) is 74.8 Å². The number of ether oxygens (including phenoxy) is 1. The zero-order valence-electron chi connectivity index (χ0n) is 18.4. The van der Waals surface area contributed by atoms with Crippen LogP contribution in [0.5, 0.6) is 5.75 Å². The van der Waals surface area contributed by atoms with Crippen LogP contribution in [-0.4, -0.2) is 62.7 Å². The smallest absolute Gasteiger partial charge is 0.119 e. The minimum Gasteiger partial charge on any atom is -0.492 e. The summed E-state index contributed by atoms with van der Waals surface area (Å²) in [5, 5.41) is 13.3. The van der Waals surface area contributed by atoms with Crippen molar-refractivity contribution in [2.45, 2.75) is 30.8 Å². The Hall–Kier alpha value is -2.10. The maximum absolute atomic E-state index is 9.13. The van der Waals surface area contributed by atoms with Crippen LogP contribution in [0.15, 0.2) is 42.5 Å². The quantitative estimate of drug-likeness (QED) is 0.681. The third-order valence-corrected chi connectivity index (χ3v) is 6.78. The molecule has 1 aliphatic heterocycles. The topological polar surface area (TPSA) is 51.5 Å². The minimum absolute atomic E-state index is 0.237. The van der Waals surface area contributed by atoms with E-state index in [0.717, 1.165) is 43.9 Å². The highest BCUT2D eigenvalue weighted by atomic mass is 35.5. The molecule has 1 saturated carbocycles. The molecule has 31 heavy (non-hydrogen) atoms. The van der Waals surface area contributed by atoms with Crippen LogP contribution >= 0.6 is 11.6 Å². The number of hydrogen-bond acceptors (Lipinski definition) is 5. The van der Waals surface area contributed by atoms with Crippen molar-refractivity contribution >= 4 is 11.6 Å². The second kappa shape index (κ2) is 9.58. The highest BCUT2D eigenvalue weighted by Crippen LogP contribution is 2.49. The SMILES string of the molecule is CN(C)C1(c2ccc(OCC3CN(CCc4cc(Cl)cc(C#N)c4)CCN3)cc2)CC1. The van der Waals surface area contributed by atoms with Gasteiger partial charge in [0.05, 0.1) is 17.7 Å². The van der Waals surface area contributed by atoms with Crippen molar-refractivity contribution in [3.05, 3.63) is 64.2 Å². The van der Waals surface area contributed by atoms with E-state index in [-0.39, 0.29) is 5.54 Å². The second-order valence-corrected chi connectivity index (χ2v) is 9.36. The first-order chi connectivity index (χ1) is 15.0. The summed E-state index contributed by atoms with van der Waals surface area (Å²) in [7, 11) is 4.32. The Morgan fingerprint density at radius 1 is 1.23 bits per heavy atom. The fourth-order valence-electron chi connectivity index (χ4n) is 4.53. The molecule has 4 rings (SSSR count). The summed E-state index contributed by atoms with van der Waals surface area (Å²) in [4.78, 5) is 4.78. The lowest BCUT2D eigenvalue weighted by Crippen LogP contribution is -2.53. The van der Waals surface area contributed by atoms with Gasteiger partial charge >= 0.3 is 0 Å². The van der Waals surface area contributed by atoms with Crippen LogP contribution in [0.3, 0.4) is 0 Å². The molecule has 164 valence electrons. The van der Waals surface area contributed by atoms with Gasteiger partial charge in [0.2, 0.25) is 0 Å². The Morgan fingerprint density at radius 3 is 2.68 bits per heavy atom. The summed E-state index contributed by atoms with van der Waals surface area (Å²) in [5.74, 6) is 0.931. The van der Waals surface area contributed by atoms with E-state index in [2.05, 4.69) is 59.5 Å². The van der Waals surface area contributed by atoms with Crippen molar-refractivity contribution < 1.29 is 4.74 Å². The molecule has 5 nitrogen and oxygen atoms in total. The van der Waals surface area contributed by atoms with E-state index in [9.17, 15) is 0 Å². The molecule has 1 N–H and O–H groups in total. The highest BCUT2D eigenvalue weighted by Gasteiger charge is 2.46. The number of rotatable bonds is 8. The zero-order chi connectivity index (χ0) is 21.8. The van der Waals surface area contributed by atoms with Crippen LogP contribution in [0.25, 0.3) is 0 Å². The lowest BCUT2D eigenvalue weighted by atomic mass is 10.0. The predicted octanol–water partition coefficient (Wildman–Crippen LogP) is 3.66. The molecule has 0 bridgehead atoms. The Bertz CT molecular complexity index is 934. The van der Waals surface area contributed by atoms with Crippen LogP contribution in [0.1, 0.15) is 29.5 Å². The van der Waals surface area contributed by atoms with E-state index in [1.54, 1.807) is 6.07 Å². The van der Waals surface area contributed by atoms with Crippen LogP contribution in [-0.2, 0) is 12.0 Å². The summed E-state index contributed by atoms with van der Waals surface area (Å²) in [6, 6.07) is 16.7. The first kappa shape index (κ1) is 22.1. The highest BCUT2D eigenvalue weighted by molar-refractivity contribution is 6.30. The molecule has 6 heteroatoms. The van der Waals surface area contributed by atoms with Gasteiger partial charge in [-0.1, -0.05) is 23.7 Å². The molecule has 2 aromatic carbocycles. The van der Waals surface area contributed by atoms with Crippen LogP contribution < -0.4 is 10.1 Å². The van der Waals surface area contributed by atoms with Gasteiger partial charge in [-0.25, -0.2) is 0 Å². The van der Waals surface area contributed by atoms with E-state index in [0.29, 0.717) is 23.2 Å². The average molecular weight is 439 g/mol. The van der Waals surface area contributed by atoms with Gasteiger partial charge in [-0.3, -0.25) is 4.90 Å². The molecule has 2 aromatic rings. The number of nitrogens with one attached hydrogen (secondary N) is 1. The molecule has 1 heterocycles. The van der Waals surface area contributed by atoms with Gasteiger partial charge in [-0.15, -0.1) is 0 Å². The molecule has 2 fully saturated rings. The van der Waals surface area contributed by atoms with Gasteiger partial charge in [0.1, 0.15) is 12.4 Å². The summed E-state index contributed by atoms with van der Waals surface area (Å²) in [6.07, 6.45) is 3.35. The van der Waals surface area contributed by atoms with Gasteiger partial charge in [0, 0.05) is 36.7 Å². The van der Waals surface area contributed by atoms with Gasteiger partial charge in [0.15, 0.2) is 0 Å².